The van der Waals surface area contributed by atoms with E-state index >= 15 is 0 Å². The topological polar surface area (TPSA) is 0 Å². The minimum absolute atomic E-state index is 0.593. The quantitative estimate of drug-likeness (QED) is 0.529. The Labute approximate surface area is 74.5 Å². The molecular weight excluding hydrogens is 199 g/mol. The Kier molecular flexibility index (Phi) is 3.41. The first-order chi connectivity index (χ1) is 5.33. The van der Waals surface area contributed by atoms with Crippen LogP contribution in [-0.2, 0) is 0 Å². The first-order valence-corrected chi connectivity index (χ1v) is 5.70. The summed E-state index contributed by atoms with van der Waals surface area (Å²) in [6, 6.07) is 8.75. The third kappa shape index (κ3) is 2.92. The van der Waals surface area contributed by atoms with Crippen molar-refractivity contribution < 1.29 is 0 Å². The summed E-state index contributed by atoms with van der Waals surface area (Å²) in [5.74, 6) is 0. The Morgan fingerprint density at radius 1 is 1.36 bits per heavy atom. The second-order valence-electron chi connectivity index (χ2n) is 2.41. The molecule has 0 radical (unpaired) electrons. The van der Waals surface area contributed by atoms with E-state index in [9.17, 15) is 0 Å². The maximum atomic E-state index is 3.71. The summed E-state index contributed by atoms with van der Waals surface area (Å²) in [6.45, 7) is 5.82. The molecule has 11 heavy (non-hydrogen) atoms. The molecule has 0 saturated carbocycles. The number of allylic oxidation sites excluding steroid dienone is 1. The molecule has 1 aromatic rings. The van der Waals surface area contributed by atoms with Gasteiger partial charge >= 0.3 is 74.1 Å². The van der Waals surface area contributed by atoms with Crippen molar-refractivity contribution >= 4 is 19.4 Å². The molecule has 0 fully saturated rings. The van der Waals surface area contributed by atoms with Crippen molar-refractivity contribution in [2.75, 3.05) is 0 Å². The van der Waals surface area contributed by atoms with Gasteiger partial charge in [-0.2, -0.15) is 0 Å². The third-order valence-electron chi connectivity index (χ3n) is 1.39. The van der Waals surface area contributed by atoms with Crippen LogP contribution in [0.5, 0.6) is 0 Å². The molecule has 0 bridgehead atoms. The molecule has 0 unspecified atom stereocenters. The van der Waals surface area contributed by atoms with E-state index < -0.39 is 0 Å². The number of rotatable bonds is 3. The first-order valence-electron chi connectivity index (χ1n) is 3.63. The second-order valence-corrected chi connectivity index (χ2v) is 4.71. The van der Waals surface area contributed by atoms with Gasteiger partial charge in [-0.05, 0) is 0 Å². The Balaban J connectivity index is 2.58. The maximum absolute atomic E-state index is 3.71. The predicted octanol–water partition coefficient (Wildman–Crippen LogP) is 1.93. The van der Waals surface area contributed by atoms with Gasteiger partial charge in [0.1, 0.15) is 0 Å². The van der Waals surface area contributed by atoms with Crippen LogP contribution < -0.4 is 4.46 Å². The Morgan fingerprint density at radius 2 is 2.00 bits per heavy atom. The summed E-state index contributed by atoms with van der Waals surface area (Å²) in [7, 11) is 0. The summed E-state index contributed by atoms with van der Waals surface area (Å²) in [5, 5.41) is 1.13. The van der Waals surface area contributed by atoms with Gasteiger partial charge in [0.2, 0.25) is 0 Å². The van der Waals surface area contributed by atoms with Crippen molar-refractivity contribution in [3.63, 3.8) is 0 Å². The first kappa shape index (κ1) is 8.57. The van der Waals surface area contributed by atoms with E-state index in [2.05, 4.69) is 37.8 Å². The van der Waals surface area contributed by atoms with Crippen LogP contribution in [-0.4, -0.2) is 15.0 Å². The average molecular weight is 211 g/mol. The number of aryl methyl sites for hydroxylation is 1. The van der Waals surface area contributed by atoms with Crippen LogP contribution in [0.4, 0.5) is 0 Å². The van der Waals surface area contributed by atoms with E-state index in [0.717, 1.165) is 5.32 Å². The molecule has 0 heterocycles. The fourth-order valence-corrected chi connectivity index (χ4v) is 2.13. The fourth-order valence-electron chi connectivity index (χ4n) is 0.790. The van der Waals surface area contributed by atoms with Gasteiger partial charge in [-0.3, -0.25) is 0 Å². The van der Waals surface area contributed by atoms with Crippen molar-refractivity contribution in [3.8, 4) is 0 Å². The molecule has 0 spiro atoms. The van der Waals surface area contributed by atoms with Crippen molar-refractivity contribution in [1.29, 1.82) is 0 Å². The van der Waals surface area contributed by atoms with Gasteiger partial charge in [-0.1, -0.05) is 0 Å². The molecule has 0 aliphatic carbocycles. The molecule has 1 rings (SSSR count). The van der Waals surface area contributed by atoms with Gasteiger partial charge in [0.05, 0.1) is 0 Å². The SMILES string of the molecule is C=CC[Se]c1ccc(C)cc1. The molecule has 0 saturated heterocycles. The molecule has 0 N–H and O–H groups in total. The van der Waals surface area contributed by atoms with Crippen molar-refractivity contribution in [3.05, 3.63) is 42.5 Å². The van der Waals surface area contributed by atoms with Crippen LogP contribution in [0.25, 0.3) is 0 Å². The van der Waals surface area contributed by atoms with Crippen LogP contribution >= 0.6 is 0 Å². The zero-order valence-electron chi connectivity index (χ0n) is 6.71. The van der Waals surface area contributed by atoms with Gasteiger partial charge in [-0.15, -0.1) is 0 Å². The average Bonchev–Trinajstić information content (AvgIpc) is 2.04. The monoisotopic (exact) mass is 212 g/mol. The number of benzene rings is 1. The molecule has 0 aromatic heterocycles. The van der Waals surface area contributed by atoms with E-state index in [-0.39, 0.29) is 0 Å². The number of hydrogen-bond donors (Lipinski definition) is 0. The van der Waals surface area contributed by atoms with E-state index in [1.165, 1.54) is 10.0 Å². The zero-order valence-corrected chi connectivity index (χ0v) is 8.42. The van der Waals surface area contributed by atoms with Gasteiger partial charge < -0.3 is 0 Å². The minimum atomic E-state index is 0.593. The second kappa shape index (κ2) is 4.38. The molecule has 0 atom stereocenters. The summed E-state index contributed by atoms with van der Waals surface area (Å²) in [4.78, 5) is 0. The van der Waals surface area contributed by atoms with Crippen LogP contribution in [0.3, 0.4) is 0 Å². The van der Waals surface area contributed by atoms with E-state index in [0.29, 0.717) is 15.0 Å². The van der Waals surface area contributed by atoms with Crippen molar-refractivity contribution in [2.24, 2.45) is 0 Å². The Morgan fingerprint density at radius 3 is 2.55 bits per heavy atom. The summed E-state index contributed by atoms with van der Waals surface area (Å²) in [6.07, 6.45) is 1.99. The molecule has 1 aromatic carbocycles. The van der Waals surface area contributed by atoms with Crippen LogP contribution in [0, 0.1) is 6.92 Å². The van der Waals surface area contributed by atoms with Gasteiger partial charge in [0.25, 0.3) is 0 Å². The van der Waals surface area contributed by atoms with Gasteiger partial charge in [-0.25, -0.2) is 0 Å². The molecule has 58 valence electrons. The standard InChI is InChI=1S/C10H12Se/c1-3-8-11-10-6-4-9(2)5-7-10/h3-7H,1,8H2,2H3. The van der Waals surface area contributed by atoms with Gasteiger partial charge in [0, 0.05) is 0 Å². The Bertz CT molecular complexity index is 223. The van der Waals surface area contributed by atoms with Crippen molar-refractivity contribution in [2.45, 2.75) is 12.2 Å². The van der Waals surface area contributed by atoms with E-state index in [1.54, 1.807) is 0 Å². The van der Waals surface area contributed by atoms with Crippen LogP contribution in [0.2, 0.25) is 5.32 Å². The van der Waals surface area contributed by atoms with Crippen molar-refractivity contribution in [1.82, 2.24) is 0 Å². The molecule has 1 heteroatoms. The molecule has 0 aliphatic heterocycles. The molecular formula is C10H12Se. The summed E-state index contributed by atoms with van der Waals surface area (Å²) < 4.78 is 1.46. The predicted molar refractivity (Wildman–Crippen MR) is 51.6 cm³/mol. The van der Waals surface area contributed by atoms with Crippen LogP contribution in [0.15, 0.2) is 36.9 Å². The molecule has 0 nitrogen and oxygen atoms in total. The Hall–Kier alpha value is -0.521. The van der Waals surface area contributed by atoms with E-state index in [1.807, 2.05) is 6.08 Å². The number of hydrogen-bond acceptors (Lipinski definition) is 0. The third-order valence-corrected chi connectivity index (χ3v) is 3.50. The van der Waals surface area contributed by atoms with Gasteiger partial charge in [0.15, 0.2) is 0 Å². The molecule has 0 amide bonds. The summed E-state index contributed by atoms with van der Waals surface area (Å²) >= 11 is 0.593. The van der Waals surface area contributed by atoms with E-state index in [4.69, 9.17) is 0 Å². The zero-order chi connectivity index (χ0) is 8.10. The van der Waals surface area contributed by atoms with Crippen LogP contribution in [0.1, 0.15) is 5.56 Å². The summed E-state index contributed by atoms with van der Waals surface area (Å²) in [5.41, 5.74) is 1.34. The normalized spacial score (nSPS) is 9.55. The molecule has 0 aliphatic rings. The fraction of sp³-hybridized carbons (Fsp3) is 0.200.